The van der Waals surface area contributed by atoms with Crippen LogP contribution in [0, 0.1) is 6.92 Å². The molecular formula is C33H37N7O3. The van der Waals surface area contributed by atoms with Crippen LogP contribution in [0.5, 0.6) is 0 Å². The van der Waals surface area contributed by atoms with Crippen LogP contribution in [0.15, 0.2) is 79.0 Å². The van der Waals surface area contributed by atoms with Crippen molar-refractivity contribution in [2.24, 2.45) is 5.73 Å². The zero-order valence-corrected chi connectivity index (χ0v) is 24.8. The van der Waals surface area contributed by atoms with Gasteiger partial charge in [-0.05, 0) is 54.8 Å². The van der Waals surface area contributed by atoms with Crippen molar-refractivity contribution in [3.63, 3.8) is 0 Å². The Morgan fingerprint density at radius 2 is 1.81 bits per heavy atom. The lowest BCUT2D eigenvalue weighted by Gasteiger charge is -2.26. The van der Waals surface area contributed by atoms with Gasteiger partial charge in [0.05, 0.1) is 24.0 Å². The third-order valence-corrected chi connectivity index (χ3v) is 7.17. The maximum atomic E-state index is 13.3. The molecular weight excluding hydrogens is 542 g/mol. The monoisotopic (exact) mass is 579 g/mol. The molecule has 1 unspecified atom stereocenters. The number of nitrogens with zero attached hydrogens (tertiary/aromatic N) is 3. The number of nitrogens with two attached hydrogens (primary N) is 1. The minimum Gasteiger partial charge on any atom is -0.493 e. The number of primary amides is 1. The molecule has 0 radical (unpaired) electrons. The minimum absolute atomic E-state index is 0.188. The Balaban J connectivity index is 1.27. The van der Waals surface area contributed by atoms with Gasteiger partial charge in [-0.15, -0.1) is 0 Å². The van der Waals surface area contributed by atoms with Crippen LogP contribution < -0.4 is 21.7 Å². The van der Waals surface area contributed by atoms with Gasteiger partial charge in [-0.25, -0.2) is 19.3 Å². The topological polar surface area (TPSA) is 136 Å². The number of carbonyl (C=O) groups is 2. The molecule has 4 aromatic rings. The SMILES string of the molecule is Cc1ccc(-n2nc(C(C)(C)C)cc2NC(=O)NC2CC=C(OCCc3ccnc(NC(N)=O)c3)c3ccccc32)cc1. The second kappa shape index (κ2) is 12.4. The summed E-state index contributed by atoms with van der Waals surface area (Å²) in [6.07, 6.45) is 4.82. The van der Waals surface area contributed by atoms with Gasteiger partial charge in [-0.1, -0.05) is 62.7 Å². The van der Waals surface area contributed by atoms with Crippen LogP contribution in [0.2, 0.25) is 0 Å². The van der Waals surface area contributed by atoms with Crippen LogP contribution in [-0.2, 0) is 16.6 Å². The molecule has 1 aliphatic rings. The third kappa shape index (κ3) is 7.21. The predicted octanol–water partition coefficient (Wildman–Crippen LogP) is 6.23. The summed E-state index contributed by atoms with van der Waals surface area (Å²) in [6, 6.07) is 20.3. The highest BCUT2D eigenvalue weighted by Gasteiger charge is 2.25. The molecule has 5 N–H and O–H groups in total. The summed E-state index contributed by atoms with van der Waals surface area (Å²) in [4.78, 5) is 28.6. The fourth-order valence-corrected chi connectivity index (χ4v) is 4.89. The van der Waals surface area contributed by atoms with E-state index in [-0.39, 0.29) is 17.5 Å². The average Bonchev–Trinajstić information content (AvgIpc) is 3.39. The second-order valence-corrected chi connectivity index (χ2v) is 11.6. The summed E-state index contributed by atoms with van der Waals surface area (Å²) in [7, 11) is 0. The lowest BCUT2D eigenvalue weighted by molar-refractivity contribution is 0.247. The number of aryl methyl sites for hydroxylation is 1. The van der Waals surface area contributed by atoms with Crippen molar-refractivity contribution in [1.82, 2.24) is 20.1 Å². The van der Waals surface area contributed by atoms with E-state index in [2.05, 4.69) is 41.7 Å². The molecule has 43 heavy (non-hydrogen) atoms. The number of pyridine rings is 1. The molecule has 10 nitrogen and oxygen atoms in total. The number of aromatic nitrogens is 3. The molecule has 222 valence electrons. The molecule has 0 fully saturated rings. The van der Waals surface area contributed by atoms with E-state index >= 15 is 0 Å². The highest BCUT2D eigenvalue weighted by Crippen LogP contribution is 2.34. The van der Waals surface area contributed by atoms with Gasteiger partial charge in [0.2, 0.25) is 0 Å². The van der Waals surface area contributed by atoms with Gasteiger partial charge in [-0.3, -0.25) is 10.6 Å². The summed E-state index contributed by atoms with van der Waals surface area (Å²) in [5.41, 5.74) is 10.8. The lowest BCUT2D eigenvalue weighted by Crippen LogP contribution is -2.34. The Bertz CT molecular complexity index is 1650. The van der Waals surface area contributed by atoms with E-state index < -0.39 is 6.03 Å². The molecule has 0 spiro atoms. The summed E-state index contributed by atoms with van der Waals surface area (Å²) >= 11 is 0. The zero-order valence-electron chi connectivity index (χ0n) is 24.8. The number of amides is 4. The first kappa shape index (κ1) is 29.4. The Morgan fingerprint density at radius 1 is 1.05 bits per heavy atom. The Labute approximate surface area is 251 Å². The fraction of sp³-hybridized carbons (Fsp3) is 0.273. The van der Waals surface area contributed by atoms with E-state index in [1.807, 2.05) is 73.7 Å². The number of fused-ring (bicyclic) bond motifs is 1. The second-order valence-electron chi connectivity index (χ2n) is 11.6. The van der Waals surface area contributed by atoms with E-state index in [1.165, 1.54) is 0 Å². The summed E-state index contributed by atoms with van der Waals surface area (Å²) in [5, 5.41) is 13.5. The quantitative estimate of drug-likeness (QED) is 0.196. The molecule has 1 atom stereocenters. The fourth-order valence-electron chi connectivity index (χ4n) is 4.89. The average molecular weight is 580 g/mol. The van der Waals surface area contributed by atoms with Crippen LogP contribution >= 0.6 is 0 Å². The molecule has 4 amide bonds. The van der Waals surface area contributed by atoms with E-state index in [0.29, 0.717) is 31.1 Å². The van der Waals surface area contributed by atoms with Crippen molar-refractivity contribution in [2.45, 2.75) is 52.0 Å². The van der Waals surface area contributed by atoms with E-state index in [9.17, 15) is 9.59 Å². The van der Waals surface area contributed by atoms with Gasteiger partial charge in [0, 0.05) is 29.7 Å². The van der Waals surface area contributed by atoms with Gasteiger partial charge in [0.15, 0.2) is 0 Å². The largest absolute Gasteiger partial charge is 0.493 e. The standard InChI is InChI=1S/C33H37N7O3/c1-21-9-11-23(12-10-21)40-30(20-28(39-40)33(2,3)4)38-32(42)36-26-13-14-27(25-8-6-5-7-24(25)26)43-18-16-22-15-17-35-29(19-22)37-31(34)41/h5-12,14-15,17,19-20,26H,13,16,18H2,1-4H3,(H2,36,38,42)(H3,34,35,37,41). The first-order valence-corrected chi connectivity index (χ1v) is 14.3. The number of anilines is 2. The summed E-state index contributed by atoms with van der Waals surface area (Å²) in [6.45, 7) is 8.75. The first-order chi connectivity index (χ1) is 20.6. The van der Waals surface area contributed by atoms with Crippen molar-refractivity contribution in [3.8, 4) is 5.69 Å². The van der Waals surface area contributed by atoms with Crippen LogP contribution in [-0.4, -0.2) is 33.4 Å². The molecule has 1 aliphatic carbocycles. The normalized spacial score (nSPS) is 14.3. The van der Waals surface area contributed by atoms with E-state index in [0.717, 1.165) is 39.4 Å². The molecule has 0 saturated heterocycles. The molecule has 10 heteroatoms. The van der Waals surface area contributed by atoms with Crippen LogP contribution in [0.25, 0.3) is 11.4 Å². The van der Waals surface area contributed by atoms with Crippen molar-refractivity contribution in [2.75, 3.05) is 17.2 Å². The first-order valence-electron chi connectivity index (χ1n) is 14.3. The van der Waals surface area contributed by atoms with Gasteiger partial charge >= 0.3 is 12.1 Å². The molecule has 0 bridgehead atoms. The van der Waals surface area contributed by atoms with Crippen LogP contribution in [0.4, 0.5) is 21.2 Å². The number of nitrogens with one attached hydrogen (secondary N) is 3. The van der Waals surface area contributed by atoms with Crippen molar-refractivity contribution >= 4 is 29.5 Å². The third-order valence-electron chi connectivity index (χ3n) is 7.17. The van der Waals surface area contributed by atoms with Crippen molar-refractivity contribution in [1.29, 1.82) is 0 Å². The smallest absolute Gasteiger partial charge is 0.320 e. The predicted molar refractivity (Wildman–Crippen MR) is 168 cm³/mol. The van der Waals surface area contributed by atoms with Gasteiger partial charge in [-0.2, -0.15) is 5.10 Å². The maximum Gasteiger partial charge on any atom is 0.320 e. The van der Waals surface area contributed by atoms with E-state index in [4.69, 9.17) is 15.6 Å². The van der Waals surface area contributed by atoms with Crippen molar-refractivity contribution in [3.05, 3.63) is 107 Å². The highest BCUT2D eigenvalue weighted by molar-refractivity contribution is 5.89. The van der Waals surface area contributed by atoms with Gasteiger partial charge in [0.1, 0.15) is 17.4 Å². The number of benzene rings is 2. The Hall–Kier alpha value is -5.12. The number of hydrogen-bond acceptors (Lipinski definition) is 5. The Kier molecular flexibility index (Phi) is 8.47. The Morgan fingerprint density at radius 3 is 2.56 bits per heavy atom. The lowest BCUT2D eigenvalue weighted by atomic mass is 9.91. The van der Waals surface area contributed by atoms with Crippen LogP contribution in [0.1, 0.15) is 61.2 Å². The van der Waals surface area contributed by atoms with Crippen molar-refractivity contribution < 1.29 is 14.3 Å². The molecule has 5 rings (SSSR count). The van der Waals surface area contributed by atoms with Crippen LogP contribution in [0.3, 0.4) is 0 Å². The molecule has 2 heterocycles. The highest BCUT2D eigenvalue weighted by atomic mass is 16.5. The molecule has 0 saturated carbocycles. The zero-order chi connectivity index (χ0) is 30.6. The molecule has 2 aromatic carbocycles. The minimum atomic E-state index is -0.659. The van der Waals surface area contributed by atoms with Gasteiger partial charge < -0.3 is 15.8 Å². The summed E-state index contributed by atoms with van der Waals surface area (Å²) in [5.74, 6) is 1.77. The number of hydrogen-bond donors (Lipinski definition) is 4. The number of urea groups is 2. The van der Waals surface area contributed by atoms with E-state index in [1.54, 1.807) is 16.9 Å². The summed E-state index contributed by atoms with van der Waals surface area (Å²) < 4.78 is 7.95. The molecule has 2 aromatic heterocycles. The maximum absolute atomic E-state index is 13.3. The number of rotatable bonds is 8. The molecule has 0 aliphatic heterocycles. The van der Waals surface area contributed by atoms with Gasteiger partial charge in [0.25, 0.3) is 0 Å². The number of ether oxygens (including phenoxy) is 1. The number of carbonyl (C=O) groups excluding carboxylic acids is 2.